The predicted molar refractivity (Wildman–Crippen MR) is 74.7 cm³/mol. The number of ether oxygens (including phenoxy) is 1. The first kappa shape index (κ1) is 13.4. The van der Waals surface area contributed by atoms with Gasteiger partial charge in [0.2, 0.25) is 0 Å². The van der Waals surface area contributed by atoms with Crippen LogP contribution in [0.5, 0.6) is 5.75 Å². The number of aryl methyl sites for hydroxylation is 1. The third kappa shape index (κ3) is 3.03. The van der Waals surface area contributed by atoms with Crippen LogP contribution in [0.2, 0.25) is 0 Å². The number of benzene rings is 1. The van der Waals surface area contributed by atoms with Crippen molar-refractivity contribution in [2.24, 2.45) is 0 Å². The van der Waals surface area contributed by atoms with E-state index in [0.717, 1.165) is 22.8 Å². The summed E-state index contributed by atoms with van der Waals surface area (Å²) in [6.45, 7) is 4.16. The van der Waals surface area contributed by atoms with Crippen molar-refractivity contribution in [1.82, 2.24) is 4.98 Å². The van der Waals surface area contributed by atoms with Crippen LogP contribution in [-0.2, 0) is 0 Å². The Labute approximate surface area is 114 Å². The lowest BCUT2D eigenvalue weighted by atomic mass is 10.3. The maximum atomic E-state index is 11.0. The summed E-state index contributed by atoms with van der Waals surface area (Å²) in [5.41, 5.74) is 1.28. The van der Waals surface area contributed by atoms with Crippen molar-refractivity contribution in [3.05, 3.63) is 34.8 Å². The average Bonchev–Trinajstić information content (AvgIpc) is 2.73. The number of anilines is 2. The number of nitrogens with one attached hydrogen (secondary N) is 1. The van der Waals surface area contributed by atoms with Gasteiger partial charge in [-0.15, -0.1) is 0 Å². The molecule has 2 N–H and O–H groups in total. The molecule has 0 radical (unpaired) electrons. The van der Waals surface area contributed by atoms with E-state index in [1.54, 1.807) is 6.92 Å². The molecule has 0 amide bonds. The summed E-state index contributed by atoms with van der Waals surface area (Å²) >= 11 is 1.11. The molecule has 0 saturated heterocycles. The summed E-state index contributed by atoms with van der Waals surface area (Å²) in [6.07, 6.45) is 0. The van der Waals surface area contributed by atoms with Gasteiger partial charge in [-0.3, -0.25) is 0 Å². The summed E-state index contributed by atoms with van der Waals surface area (Å²) in [5.74, 6) is -0.240. The summed E-state index contributed by atoms with van der Waals surface area (Å²) < 4.78 is 5.49. The lowest BCUT2D eigenvalue weighted by molar-refractivity contribution is 0.0701. The molecule has 1 aromatic carbocycles. The van der Waals surface area contributed by atoms with E-state index in [-0.39, 0.29) is 4.88 Å². The maximum absolute atomic E-state index is 11.0. The van der Waals surface area contributed by atoms with Gasteiger partial charge in [0.15, 0.2) is 5.13 Å². The second-order valence-corrected chi connectivity index (χ2v) is 4.79. The molecular weight excluding hydrogens is 264 g/mol. The van der Waals surface area contributed by atoms with Gasteiger partial charge in [0.25, 0.3) is 0 Å². The number of hydrogen-bond donors (Lipinski definition) is 2. The van der Waals surface area contributed by atoms with Crippen molar-refractivity contribution in [3.8, 4) is 5.75 Å². The van der Waals surface area contributed by atoms with Crippen LogP contribution in [-0.4, -0.2) is 22.7 Å². The number of carbonyl (C=O) groups is 1. The van der Waals surface area contributed by atoms with Gasteiger partial charge in [0.05, 0.1) is 18.0 Å². The smallest absolute Gasteiger partial charge is 0.347 e. The summed E-state index contributed by atoms with van der Waals surface area (Å²) in [5, 5.41) is 12.6. The van der Waals surface area contributed by atoms with E-state index in [9.17, 15) is 4.79 Å². The fourth-order valence-electron chi connectivity index (χ4n) is 1.61. The third-order valence-electron chi connectivity index (χ3n) is 2.42. The van der Waals surface area contributed by atoms with Gasteiger partial charge in [0.1, 0.15) is 10.6 Å². The van der Waals surface area contributed by atoms with Crippen molar-refractivity contribution < 1.29 is 14.6 Å². The molecule has 1 aromatic heterocycles. The van der Waals surface area contributed by atoms with Crippen molar-refractivity contribution in [2.45, 2.75) is 13.8 Å². The van der Waals surface area contributed by atoms with Crippen LogP contribution >= 0.6 is 11.3 Å². The molecule has 2 rings (SSSR count). The van der Waals surface area contributed by atoms with Crippen LogP contribution in [0.3, 0.4) is 0 Å². The zero-order valence-electron chi connectivity index (χ0n) is 10.6. The Morgan fingerprint density at radius 3 is 2.84 bits per heavy atom. The van der Waals surface area contributed by atoms with Crippen LogP contribution in [0.4, 0.5) is 10.8 Å². The van der Waals surface area contributed by atoms with Gasteiger partial charge < -0.3 is 15.2 Å². The monoisotopic (exact) mass is 278 g/mol. The second-order valence-electron chi connectivity index (χ2n) is 3.79. The topological polar surface area (TPSA) is 71.5 Å². The van der Waals surface area contributed by atoms with Crippen molar-refractivity contribution in [1.29, 1.82) is 0 Å². The molecule has 0 saturated carbocycles. The molecular formula is C13H14N2O3S. The highest BCUT2D eigenvalue weighted by molar-refractivity contribution is 7.17. The molecule has 0 spiro atoms. The fraction of sp³-hybridized carbons (Fsp3) is 0.231. The lowest BCUT2D eigenvalue weighted by Gasteiger charge is -2.09. The van der Waals surface area contributed by atoms with Crippen molar-refractivity contribution in [3.63, 3.8) is 0 Å². The van der Waals surface area contributed by atoms with Crippen LogP contribution in [0, 0.1) is 6.92 Å². The Hall–Kier alpha value is -2.08. The van der Waals surface area contributed by atoms with Gasteiger partial charge in [-0.1, -0.05) is 23.5 Å². The van der Waals surface area contributed by atoms with E-state index in [2.05, 4.69) is 10.3 Å². The van der Waals surface area contributed by atoms with E-state index in [1.807, 2.05) is 31.2 Å². The molecule has 5 nitrogen and oxygen atoms in total. The van der Waals surface area contributed by atoms with Crippen LogP contribution in [0.25, 0.3) is 0 Å². The number of nitrogens with zero attached hydrogens (tertiary/aromatic N) is 1. The number of aromatic nitrogens is 1. The number of thiazole rings is 1. The summed E-state index contributed by atoms with van der Waals surface area (Å²) in [6, 6.07) is 7.47. The minimum Gasteiger partial charge on any atom is -0.492 e. The zero-order valence-corrected chi connectivity index (χ0v) is 11.5. The van der Waals surface area contributed by atoms with Crippen molar-refractivity contribution in [2.75, 3.05) is 11.9 Å². The highest BCUT2D eigenvalue weighted by atomic mass is 32.1. The Morgan fingerprint density at radius 1 is 1.47 bits per heavy atom. The van der Waals surface area contributed by atoms with Gasteiger partial charge in [-0.05, 0) is 26.0 Å². The quantitative estimate of drug-likeness (QED) is 0.878. The molecule has 0 aliphatic rings. The van der Waals surface area contributed by atoms with E-state index in [1.165, 1.54) is 0 Å². The number of aromatic carboxylic acids is 1. The van der Waals surface area contributed by atoms with Gasteiger partial charge in [-0.2, -0.15) is 0 Å². The second kappa shape index (κ2) is 5.71. The SMILES string of the molecule is CCOc1ccccc1Nc1nc(C)c(C(=O)O)s1. The fourth-order valence-corrected chi connectivity index (χ4v) is 2.43. The standard InChI is InChI=1S/C13H14N2O3S/c1-3-18-10-7-5-4-6-9(10)15-13-14-8(2)11(19-13)12(16)17/h4-7H,3H2,1-2H3,(H,14,15)(H,16,17). The number of carboxylic acids is 1. The highest BCUT2D eigenvalue weighted by Gasteiger charge is 2.14. The first-order chi connectivity index (χ1) is 9.11. The zero-order chi connectivity index (χ0) is 13.8. The molecule has 0 unspecified atom stereocenters. The largest absolute Gasteiger partial charge is 0.492 e. The van der Waals surface area contributed by atoms with E-state index < -0.39 is 5.97 Å². The Bertz CT molecular complexity index is 595. The molecule has 0 atom stereocenters. The number of para-hydroxylation sites is 2. The first-order valence-electron chi connectivity index (χ1n) is 5.81. The lowest BCUT2D eigenvalue weighted by Crippen LogP contribution is -1.97. The molecule has 100 valence electrons. The van der Waals surface area contributed by atoms with Crippen LogP contribution in [0.1, 0.15) is 22.3 Å². The molecule has 0 aliphatic carbocycles. The minimum absolute atomic E-state index is 0.247. The maximum Gasteiger partial charge on any atom is 0.347 e. The van der Waals surface area contributed by atoms with E-state index in [0.29, 0.717) is 17.4 Å². The third-order valence-corrected chi connectivity index (χ3v) is 3.48. The Kier molecular flexibility index (Phi) is 4.01. The molecule has 2 aromatic rings. The molecule has 6 heteroatoms. The molecule has 0 aliphatic heterocycles. The Balaban J connectivity index is 2.26. The van der Waals surface area contributed by atoms with Gasteiger partial charge >= 0.3 is 5.97 Å². The first-order valence-corrected chi connectivity index (χ1v) is 6.63. The van der Waals surface area contributed by atoms with Gasteiger partial charge in [-0.25, -0.2) is 9.78 Å². The van der Waals surface area contributed by atoms with Crippen LogP contribution in [0.15, 0.2) is 24.3 Å². The minimum atomic E-state index is -0.957. The van der Waals surface area contributed by atoms with E-state index in [4.69, 9.17) is 9.84 Å². The normalized spacial score (nSPS) is 10.2. The van der Waals surface area contributed by atoms with Crippen molar-refractivity contribution >= 4 is 28.1 Å². The molecule has 0 bridgehead atoms. The molecule has 1 heterocycles. The molecule has 19 heavy (non-hydrogen) atoms. The number of carboxylic acid groups (broad SMARTS) is 1. The molecule has 0 fully saturated rings. The average molecular weight is 278 g/mol. The summed E-state index contributed by atoms with van der Waals surface area (Å²) in [4.78, 5) is 15.4. The Morgan fingerprint density at radius 2 is 2.21 bits per heavy atom. The number of hydrogen-bond acceptors (Lipinski definition) is 5. The van der Waals surface area contributed by atoms with Crippen LogP contribution < -0.4 is 10.1 Å². The summed E-state index contributed by atoms with van der Waals surface area (Å²) in [7, 11) is 0. The van der Waals surface area contributed by atoms with E-state index >= 15 is 0 Å². The number of rotatable bonds is 5. The highest BCUT2D eigenvalue weighted by Crippen LogP contribution is 2.30. The van der Waals surface area contributed by atoms with Gasteiger partial charge in [0, 0.05) is 0 Å². The predicted octanol–water partition coefficient (Wildman–Crippen LogP) is 3.29.